The van der Waals surface area contributed by atoms with Crippen molar-refractivity contribution in [1.82, 2.24) is 9.88 Å². The van der Waals surface area contributed by atoms with E-state index in [-0.39, 0.29) is 18.3 Å². The van der Waals surface area contributed by atoms with Crippen LogP contribution in [0.5, 0.6) is 0 Å². The highest BCUT2D eigenvalue weighted by Crippen LogP contribution is 2.31. The monoisotopic (exact) mass is 359 g/mol. The van der Waals surface area contributed by atoms with Crippen molar-refractivity contribution in [3.63, 3.8) is 0 Å². The Kier molecular flexibility index (Phi) is 7.49. The minimum absolute atomic E-state index is 0. The molecule has 1 aromatic heterocycles. The molecular formula is C17H30ClN3OS. The van der Waals surface area contributed by atoms with Crippen molar-refractivity contribution < 1.29 is 4.79 Å². The molecule has 2 atom stereocenters. The van der Waals surface area contributed by atoms with Gasteiger partial charge < -0.3 is 10.6 Å². The highest BCUT2D eigenvalue weighted by Gasteiger charge is 2.35. The fraction of sp³-hybridized carbons (Fsp3) is 0.765. The largest absolute Gasteiger partial charge is 0.340 e. The molecule has 0 aromatic carbocycles. The van der Waals surface area contributed by atoms with Gasteiger partial charge >= 0.3 is 0 Å². The van der Waals surface area contributed by atoms with Gasteiger partial charge in [0.15, 0.2) is 0 Å². The van der Waals surface area contributed by atoms with Gasteiger partial charge in [-0.15, -0.1) is 23.7 Å². The number of halogens is 1. The molecule has 132 valence electrons. The Morgan fingerprint density at radius 2 is 2.26 bits per heavy atom. The Hall–Kier alpha value is -0.650. The SMILES string of the molecule is CCCC(C)(N)C(=O)N1CCCC(c2nc(C(C)C)cs2)C1.Cl. The smallest absolute Gasteiger partial charge is 0.242 e. The van der Waals surface area contributed by atoms with Crippen LogP contribution in [0, 0.1) is 0 Å². The summed E-state index contributed by atoms with van der Waals surface area (Å²) in [7, 11) is 0. The molecule has 2 N–H and O–H groups in total. The number of carbonyl (C=O) groups excluding carboxylic acids is 1. The van der Waals surface area contributed by atoms with E-state index in [0.29, 0.717) is 11.8 Å². The van der Waals surface area contributed by atoms with Gasteiger partial charge in [-0.3, -0.25) is 4.79 Å². The molecule has 6 heteroatoms. The third-order valence-corrected chi connectivity index (χ3v) is 5.47. The summed E-state index contributed by atoms with van der Waals surface area (Å²) in [6.07, 6.45) is 3.82. The number of aromatic nitrogens is 1. The number of nitrogens with zero attached hydrogens (tertiary/aromatic N) is 2. The number of rotatable bonds is 5. The number of nitrogens with two attached hydrogens (primary N) is 1. The first-order valence-corrected chi connectivity index (χ1v) is 9.26. The number of hydrogen-bond acceptors (Lipinski definition) is 4. The molecular weight excluding hydrogens is 330 g/mol. The van der Waals surface area contributed by atoms with Crippen LogP contribution in [0.15, 0.2) is 5.38 Å². The molecule has 0 radical (unpaired) electrons. The van der Waals surface area contributed by atoms with Crippen LogP contribution in [0.3, 0.4) is 0 Å². The summed E-state index contributed by atoms with van der Waals surface area (Å²) in [5.41, 5.74) is 6.66. The van der Waals surface area contributed by atoms with Crippen LogP contribution in [0.2, 0.25) is 0 Å². The number of likely N-dealkylation sites (tertiary alicyclic amines) is 1. The van der Waals surface area contributed by atoms with Crippen LogP contribution in [0.4, 0.5) is 0 Å². The van der Waals surface area contributed by atoms with Gasteiger partial charge in [0.25, 0.3) is 0 Å². The second-order valence-corrected chi connectivity index (χ2v) is 7.91. The quantitative estimate of drug-likeness (QED) is 0.866. The first kappa shape index (κ1) is 20.4. The molecule has 0 saturated carbocycles. The van der Waals surface area contributed by atoms with Crippen molar-refractivity contribution in [1.29, 1.82) is 0 Å². The van der Waals surface area contributed by atoms with Gasteiger partial charge in [0.2, 0.25) is 5.91 Å². The molecule has 1 aliphatic heterocycles. The lowest BCUT2D eigenvalue weighted by molar-refractivity contribution is -0.137. The van der Waals surface area contributed by atoms with Crippen molar-refractivity contribution in [2.24, 2.45) is 5.73 Å². The molecule has 23 heavy (non-hydrogen) atoms. The Morgan fingerprint density at radius 3 is 2.83 bits per heavy atom. The molecule has 4 nitrogen and oxygen atoms in total. The molecule has 1 fully saturated rings. The minimum atomic E-state index is -0.734. The molecule has 2 heterocycles. The zero-order valence-electron chi connectivity index (χ0n) is 14.7. The maximum atomic E-state index is 12.7. The third-order valence-electron chi connectivity index (χ3n) is 4.45. The predicted molar refractivity (Wildman–Crippen MR) is 99.5 cm³/mol. The molecule has 0 aliphatic carbocycles. The first-order chi connectivity index (χ1) is 10.3. The van der Waals surface area contributed by atoms with Gasteiger partial charge in [0.1, 0.15) is 0 Å². The van der Waals surface area contributed by atoms with E-state index < -0.39 is 5.54 Å². The highest BCUT2D eigenvalue weighted by molar-refractivity contribution is 7.09. The second-order valence-electron chi connectivity index (χ2n) is 7.02. The van der Waals surface area contributed by atoms with Gasteiger partial charge in [-0.05, 0) is 32.1 Å². The van der Waals surface area contributed by atoms with E-state index in [0.717, 1.165) is 44.5 Å². The Balaban J connectivity index is 0.00000264. The average Bonchev–Trinajstić information content (AvgIpc) is 2.96. The van der Waals surface area contributed by atoms with E-state index in [9.17, 15) is 4.79 Å². The minimum Gasteiger partial charge on any atom is -0.340 e. The zero-order chi connectivity index (χ0) is 16.3. The van der Waals surface area contributed by atoms with Crippen LogP contribution in [-0.4, -0.2) is 34.4 Å². The molecule has 1 aliphatic rings. The standard InChI is InChI=1S/C17H29N3OS.ClH/c1-5-8-17(4,18)16(21)20-9-6-7-13(10-20)15-19-14(11-22-15)12(2)3;/h11-13H,5-10,18H2,1-4H3;1H. The number of piperidine rings is 1. The van der Waals surface area contributed by atoms with Crippen molar-refractivity contribution in [2.75, 3.05) is 13.1 Å². The summed E-state index contributed by atoms with van der Waals surface area (Å²) in [6.45, 7) is 9.86. The molecule has 1 aromatic rings. The van der Waals surface area contributed by atoms with Crippen LogP contribution in [0.25, 0.3) is 0 Å². The second kappa shape index (κ2) is 8.45. The predicted octanol–water partition coefficient (Wildman–Crippen LogP) is 3.91. The lowest BCUT2D eigenvalue weighted by atomic mass is 9.92. The number of thiazole rings is 1. The first-order valence-electron chi connectivity index (χ1n) is 8.38. The summed E-state index contributed by atoms with van der Waals surface area (Å²) in [5, 5.41) is 3.33. The maximum absolute atomic E-state index is 12.7. The van der Waals surface area contributed by atoms with Crippen LogP contribution < -0.4 is 5.73 Å². The molecule has 2 unspecified atom stereocenters. The van der Waals surface area contributed by atoms with Crippen LogP contribution >= 0.6 is 23.7 Å². The molecule has 2 rings (SSSR count). The lowest BCUT2D eigenvalue weighted by Crippen LogP contribution is -2.55. The third kappa shape index (κ3) is 4.91. The van der Waals surface area contributed by atoms with Gasteiger partial charge in [-0.2, -0.15) is 0 Å². The molecule has 1 amide bonds. The van der Waals surface area contributed by atoms with E-state index >= 15 is 0 Å². The van der Waals surface area contributed by atoms with Crippen molar-refractivity contribution in [3.8, 4) is 0 Å². The fourth-order valence-electron chi connectivity index (χ4n) is 3.10. The summed E-state index contributed by atoms with van der Waals surface area (Å²) in [5.74, 6) is 0.926. The van der Waals surface area contributed by atoms with E-state index in [4.69, 9.17) is 10.7 Å². The number of hydrogen-bond donors (Lipinski definition) is 1. The normalized spacial score (nSPS) is 21.0. The molecule has 1 saturated heterocycles. The zero-order valence-corrected chi connectivity index (χ0v) is 16.3. The fourth-order valence-corrected chi connectivity index (χ4v) is 4.21. The van der Waals surface area contributed by atoms with E-state index in [2.05, 4.69) is 26.2 Å². The number of carbonyl (C=O) groups is 1. The Labute approximate surface area is 150 Å². The molecule has 0 spiro atoms. The number of amides is 1. The van der Waals surface area contributed by atoms with Crippen LogP contribution in [-0.2, 0) is 4.79 Å². The summed E-state index contributed by atoms with van der Waals surface area (Å²) in [6, 6.07) is 0. The van der Waals surface area contributed by atoms with Crippen molar-refractivity contribution in [3.05, 3.63) is 16.1 Å². The highest BCUT2D eigenvalue weighted by atomic mass is 35.5. The summed E-state index contributed by atoms with van der Waals surface area (Å²) >= 11 is 1.74. The topological polar surface area (TPSA) is 59.2 Å². The molecule has 0 bridgehead atoms. The lowest BCUT2D eigenvalue weighted by Gasteiger charge is -2.37. The average molecular weight is 360 g/mol. The maximum Gasteiger partial charge on any atom is 0.242 e. The summed E-state index contributed by atoms with van der Waals surface area (Å²) in [4.78, 5) is 19.4. The van der Waals surface area contributed by atoms with Crippen molar-refractivity contribution >= 4 is 29.7 Å². The van der Waals surface area contributed by atoms with E-state index in [1.807, 2.05) is 11.8 Å². The Bertz CT molecular complexity index is 516. The van der Waals surface area contributed by atoms with Gasteiger partial charge in [0, 0.05) is 24.4 Å². The van der Waals surface area contributed by atoms with E-state index in [1.165, 1.54) is 5.01 Å². The van der Waals surface area contributed by atoms with Crippen LogP contribution in [0.1, 0.15) is 75.9 Å². The van der Waals surface area contributed by atoms with Gasteiger partial charge in [0.05, 0.1) is 16.2 Å². The summed E-state index contributed by atoms with van der Waals surface area (Å²) < 4.78 is 0. The van der Waals surface area contributed by atoms with Crippen molar-refractivity contribution in [2.45, 2.75) is 70.8 Å². The van der Waals surface area contributed by atoms with E-state index in [1.54, 1.807) is 11.3 Å². The van der Waals surface area contributed by atoms with Gasteiger partial charge in [-0.1, -0.05) is 27.2 Å². The van der Waals surface area contributed by atoms with Gasteiger partial charge in [-0.25, -0.2) is 4.98 Å². The Morgan fingerprint density at radius 1 is 1.57 bits per heavy atom.